The summed E-state index contributed by atoms with van der Waals surface area (Å²) in [5.41, 5.74) is 7.14. The molecular weight excluding hydrogens is 1440 g/mol. The van der Waals surface area contributed by atoms with Crippen molar-refractivity contribution in [2.24, 2.45) is 0 Å². The second-order valence-corrected chi connectivity index (χ2v) is 24.2. The largest absolute Gasteiger partial charge is 1.00 e. The second-order valence-electron chi connectivity index (χ2n) is 21.5. The molecule has 12 rings (SSSR count). The Balaban J connectivity index is 0.000000252. The molecule has 514 valence electrons. The van der Waals surface area contributed by atoms with Gasteiger partial charge in [0.15, 0.2) is 11.6 Å². The zero-order chi connectivity index (χ0) is 73.7. The average Bonchev–Trinajstić information content (AvgIpc) is 0.806. The molecule has 12 aromatic carbocycles. The van der Waals surface area contributed by atoms with E-state index < -0.39 is 59.0 Å². The first-order valence-corrected chi connectivity index (χ1v) is 32.7. The molecule has 0 atom stereocenters. The predicted octanol–water partition coefficient (Wildman–Crippen LogP) is 11.1. The number of terminal acetylenes is 2. The van der Waals surface area contributed by atoms with Crippen molar-refractivity contribution in [3.8, 4) is 110 Å². The monoisotopic (exact) mass is 1490 g/mol. The van der Waals surface area contributed by atoms with Crippen LogP contribution in [0, 0.1) is 54.9 Å². The van der Waals surface area contributed by atoms with Crippen LogP contribution in [0.2, 0.25) is 0 Å². The number of carbonyl (C=O) groups excluding carboxylic acids is 2. The summed E-state index contributed by atoms with van der Waals surface area (Å²) in [5, 5.41) is 35.9. The molecule has 16 nitrogen and oxygen atoms in total. The summed E-state index contributed by atoms with van der Waals surface area (Å²) >= 11 is 0. The quantitative estimate of drug-likeness (QED) is 0.0186. The van der Waals surface area contributed by atoms with Crippen LogP contribution in [0.25, 0.3) is 22.3 Å². The third-order valence-electron chi connectivity index (χ3n) is 14.3. The Hall–Kier alpha value is -9.69. The molecule has 0 bridgehead atoms. The molecule has 0 saturated carbocycles. The molecule has 0 amide bonds. The van der Waals surface area contributed by atoms with Crippen LogP contribution >= 0.6 is 0 Å². The summed E-state index contributed by atoms with van der Waals surface area (Å²) in [4.78, 5) is 23.6. The summed E-state index contributed by atoms with van der Waals surface area (Å²) in [6.07, 6.45) is 10.4. The number of halogens is 4. The van der Waals surface area contributed by atoms with Crippen molar-refractivity contribution in [2.45, 2.75) is 16.7 Å². The zero-order valence-electron chi connectivity index (χ0n) is 55.6. The Kier molecular flexibility index (Phi) is 31.4. The van der Waals surface area contributed by atoms with E-state index >= 15 is 0 Å². The van der Waals surface area contributed by atoms with Crippen LogP contribution in [0.15, 0.2) is 277 Å². The van der Waals surface area contributed by atoms with Crippen molar-refractivity contribution in [3.05, 3.63) is 329 Å². The fourth-order valence-corrected chi connectivity index (χ4v) is 10.3. The van der Waals surface area contributed by atoms with Gasteiger partial charge in [0.2, 0.25) is 0 Å². The van der Waals surface area contributed by atoms with E-state index in [2.05, 4.69) is 11.8 Å². The van der Waals surface area contributed by atoms with Crippen LogP contribution in [0.4, 0.5) is 17.6 Å². The van der Waals surface area contributed by atoms with E-state index in [0.29, 0.717) is 51.1 Å². The number of ketones is 2. The standard InChI is InChI=1S/C41H30O8S.C13H8F2O.C12H10O2.C8H4F2.C6H6O5S.2K/c1-4-28-6-5-27(2)25-39(28)49-37-23-24-38(40(26-37)50(43,44)45)48-36-21-13-32(14-22-36)41(42)31-11-19-35(20-12-31)47-34-17-9-30(10-18-34)29-7-15-33(46-3)16-8-29;14-11-5-1-9(2-6-11)13(16)10-3-7-12(15)8-4-10;13-11-5-1-9(2-6-11)10-3-7-12(14)8-4-10;1-2-6-3-4-7(9)5-8(6)10;7-4-1-2-5(8)6(3-4)12(9,10)11;;/h1,5-26H,2-3H3,(H,43,44,45);1-8H;1-8,13-14H;1,3-5H;1-3,7-8H,(H,9,10,11);;/q;;;;;2*+1/p-2. The molecule has 24 heteroatoms. The fraction of sp³-hybridized carbons (Fsp3) is 0.0250. The predicted molar refractivity (Wildman–Crippen MR) is 372 cm³/mol. The molecule has 0 spiro atoms. The minimum absolute atomic E-state index is 0. The molecule has 4 N–H and O–H groups in total. The molecule has 0 unspecified atom stereocenters. The van der Waals surface area contributed by atoms with E-state index in [1.165, 1.54) is 78.9 Å². The summed E-state index contributed by atoms with van der Waals surface area (Å²) < 4.78 is 140. The van der Waals surface area contributed by atoms with Gasteiger partial charge in [0.1, 0.15) is 112 Å². The van der Waals surface area contributed by atoms with Gasteiger partial charge in [-0.2, -0.15) is 0 Å². The van der Waals surface area contributed by atoms with Crippen molar-refractivity contribution in [1.29, 1.82) is 0 Å². The average molecular weight is 1490 g/mol. The maximum Gasteiger partial charge on any atom is 1.00 e. The summed E-state index contributed by atoms with van der Waals surface area (Å²) in [6.45, 7) is 1.86. The van der Waals surface area contributed by atoms with Crippen molar-refractivity contribution in [3.63, 3.8) is 0 Å². The molecule has 0 fully saturated rings. The number of benzene rings is 12. The smallest absolute Gasteiger partial charge is 0.744 e. The minimum atomic E-state index is -4.95. The van der Waals surface area contributed by atoms with Crippen LogP contribution in [-0.2, 0) is 20.2 Å². The molecule has 0 saturated heterocycles. The molecule has 0 radical (unpaired) electrons. The van der Waals surface area contributed by atoms with E-state index in [9.17, 15) is 53.1 Å². The molecule has 0 heterocycles. The first-order valence-electron chi connectivity index (χ1n) is 29.9. The fourth-order valence-electron chi connectivity index (χ4n) is 9.06. The maximum atomic E-state index is 13.2. The van der Waals surface area contributed by atoms with Crippen LogP contribution < -0.4 is 122 Å². The molecule has 104 heavy (non-hydrogen) atoms. The molecule has 0 aliphatic carbocycles. The van der Waals surface area contributed by atoms with Gasteiger partial charge in [-0.25, -0.2) is 34.4 Å². The second kappa shape index (κ2) is 39.3. The van der Waals surface area contributed by atoms with Gasteiger partial charge in [-0.05, 0) is 229 Å². The van der Waals surface area contributed by atoms with Crippen molar-refractivity contribution >= 4 is 31.8 Å². The van der Waals surface area contributed by atoms with Gasteiger partial charge in [0.25, 0.3) is 0 Å². The van der Waals surface area contributed by atoms with Gasteiger partial charge in [-0.3, -0.25) is 9.59 Å². The van der Waals surface area contributed by atoms with E-state index in [4.69, 9.17) is 52.2 Å². The Morgan fingerprint density at radius 1 is 0.375 bits per heavy atom. The number of carbonyl (C=O) groups is 2. The van der Waals surface area contributed by atoms with Crippen LogP contribution in [-0.4, -0.2) is 65.0 Å². The molecule has 0 aromatic heterocycles. The Morgan fingerprint density at radius 2 is 0.731 bits per heavy atom. The number of ether oxygens (including phenoxy) is 4. The topological polar surface area (TPSA) is 266 Å². The Labute approximate surface area is 682 Å². The van der Waals surface area contributed by atoms with Gasteiger partial charge in [-0.15, -0.1) is 12.8 Å². The Morgan fingerprint density at radius 3 is 1.13 bits per heavy atom. The first kappa shape index (κ1) is 83.3. The SMILES string of the molecule is C#Cc1ccc(C)cc1Oc1ccc(Oc2ccc(C(=O)c3ccc(Oc4ccc(-c5ccc(OC)cc5)cc4)cc3)cc2)c(S(=O)(=O)[O-])c1.C#Cc1ccc(F)cc1F.O=C(c1ccc(F)cc1)c1ccc(F)cc1.O=S(=O)([O-])c1cc(O)ccc1O.Oc1ccc(-c2ccc(O)cc2)cc1.[K+].[K+]. The number of aromatic hydroxyl groups is 4. The number of aryl methyl sites for hydroxylation is 1. The number of methoxy groups -OCH3 is 1. The van der Waals surface area contributed by atoms with E-state index in [1.807, 2.05) is 85.8 Å². The van der Waals surface area contributed by atoms with Crippen LogP contribution in [0.1, 0.15) is 48.5 Å². The molecular formula is C80H56F4K2O16S2. The van der Waals surface area contributed by atoms with Crippen LogP contribution in [0.5, 0.6) is 63.2 Å². The maximum absolute atomic E-state index is 13.2. The van der Waals surface area contributed by atoms with E-state index in [-0.39, 0.29) is 154 Å². The van der Waals surface area contributed by atoms with Gasteiger partial charge < -0.3 is 48.5 Å². The van der Waals surface area contributed by atoms with Crippen molar-refractivity contribution in [1.82, 2.24) is 0 Å². The van der Waals surface area contributed by atoms with Crippen molar-refractivity contribution in [2.75, 3.05) is 7.11 Å². The van der Waals surface area contributed by atoms with E-state index in [0.717, 1.165) is 63.9 Å². The summed E-state index contributed by atoms with van der Waals surface area (Å²) in [7, 11) is -8.04. The van der Waals surface area contributed by atoms with Gasteiger partial charge >= 0.3 is 103 Å². The first-order chi connectivity index (χ1) is 48.7. The third-order valence-corrected chi connectivity index (χ3v) is 16.0. The van der Waals surface area contributed by atoms with Crippen molar-refractivity contribution < 1.29 is 195 Å². The van der Waals surface area contributed by atoms with Gasteiger partial charge in [-0.1, -0.05) is 66.4 Å². The minimum Gasteiger partial charge on any atom is -0.744 e. The number of phenolic OH excluding ortho intramolecular Hbond substituents is 4. The van der Waals surface area contributed by atoms with Gasteiger partial charge in [0.05, 0.1) is 23.1 Å². The summed E-state index contributed by atoms with van der Waals surface area (Å²) in [5.74, 6) is 3.94. The number of rotatable bonds is 15. The third kappa shape index (κ3) is 24.8. The van der Waals surface area contributed by atoms with E-state index in [1.54, 1.807) is 79.9 Å². The summed E-state index contributed by atoms with van der Waals surface area (Å²) in [6, 6.07) is 67.7. The number of hydrogen-bond donors (Lipinski definition) is 4. The Bertz CT molecular complexity index is 5150. The zero-order valence-corrected chi connectivity index (χ0v) is 63.5. The normalized spacial score (nSPS) is 10.3. The molecule has 0 aliphatic heterocycles. The van der Waals surface area contributed by atoms with Crippen LogP contribution in [0.3, 0.4) is 0 Å². The van der Waals surface area contributed by atoms with Gasteiger partial charge in [0, 0.05) is 40.5 Å². The molecule has 0 aliphatic rings. The number of hydrogen-bond acceptors (Lipinski definition) is 16. The number of phenols is 4. The molecule has 12 aromatic rings.